The van der Waals surface area contributed by atoms with Gasteiger partial charge in [0, 0.05) is 5.69 Å². The molecule has 0 fully saturated rings. The molecule has 0 aromatic heterocycles. The van der Waals surface area contributed by atoms with Crippen molar-refractivity contribution in [3.05, 3.63) is 28.8 Å². The SMILES string of the molecule is CCc1c(C)ccc(N)c1C. The summed E-state index contributed by atoms with van der Waals surface area (Å²) in [5.74, 6) is 0. The Morgan fingerprint density at radius 2 is 1.91 bits per heavy atom. The number of rotatable bonds is 1. The van der Waals surface area contributed by atoms with Gasteiger partial charge in [-0.05, 0) is 43.0 Å². The van der Waals surface area contributed by atoms with E-state index < -0.39 is 0 Å². The molecule has 1 nitrogen and oxygen atoms in total. The zero-order chi connectivity index (χ0) is 8.43. The first-order chi connectivity index (χ1) is 5.16. The van der Waals surface area contributed by atoms with Gasteiger partial charge < -0.3 is 5.73 Å². The molecule has 0 heterocycles. The summed E-state index contributed by atoms with van der Waals surface area (Å²) in [6.45, 7) is 6.38. The zero-order valence-electron chi connectivity index (χ0n) is 7.44. The first-order valence-corrected chi connectivity index (χ1v) is 4.01. The summed E-state index contributed by atoms with van der Waals surface area (Å²) in [7, 11) is 0. The number of aryl methyl sites for hydroxylation is 1. The third-order valence-corrected chi connectivity index (χ3v) is 2.23. The predicted octanol–water partition coefficient (Wildman–Crippen LogP) is 2.45. The van der Waals surface area contributed by atoms with E-state index in [1.165, 1.54) is 16.7 Å². The van der Waals surface area contributed by atoms with Gasteiger partial charge in [-0.25, -0.2) is 0 Å². The third-order valence-electron chi connectivity index (χ3n) is 2.23. The molecule has 0 saturated carbocycles. The van der Waals surface area contributed by atoms with E-state index in [1.807, 2.05) is 6.07 Å². The number of nitrogen functional groups attached to an aromatic ring is 1. The highest BCUT2D eigenvalue weighted by molar-refractivity contribution is 5.52. The molecule has 1 rings (SSSR count). The number of benzene rings is 1. The summed E-state index contributed by atoms with van der Waals surface area (Å²) in [6.07, 6.45) is 1.07. The molecule has 0 radical (unpaired) electrons. The van der Waals surface area contributed by atoms with Crippen LogP contribution in [0.5, 0.6) is 0 Å². The molecule has 2 N–H and O–H groups in total. The summed E-state index contributed by atoms with van der Waals surface area (Å²) in [6, 6.07) is 4.06. The van der Waals surface area contributed by atoms with Gasteiger partial charge >= 0.3 is 0 Å². The lowest BCUT2D eigenvalue weighted by Crippen LogP contribution is -1.96. The second-order valence-electron chi connectivity index (χ2n) is 2.93. The molecule has 1 aromatic carbocycles. The molecule has 0 amide bonds. The molecule has 0 bridgehead atoms. The van der Waals surface area contributed by atoms with Crippen molar-refractivity contribution < 1.29 is 0 Å². The van der Waals surface area contributed by atoms with E-state index in [9.17, 15) is 0 Å². The minimum atomic E-state index is 0.910. The van der Waals surface area contributed by atoms with Crippen molar-refractivity contribution in [1.82, 2.24) is 0 Å². The maximum Gasteiger partial charge on any atom is 0.0346 e. The van der Waals surface area contributed by atoms with Crippen molar-refractivity contribution in [1.29, 1.82) is 0 Å². The average Bonchev–Trinajstić information content (AvgIpc) is 1.99. The van der Waals surface area contributed by atoms with Crippen LogP contribution >= 0.6 is 0 Å². The first kappa shape index (κ1) is 8.12. The zero-order valence-corrected chi connectivity index (χ0v) is 7.44. The molecule has 1 aromatic rings. The van der Waals surface area contributed by atoms with E-state index in [0.29, 0.717) is 0 Å². The van der Waals surface area contributed by atoms with Crippen molar-refractivity contribution in [2.75, 3.05) is 5.73 Å². The van der Waals surface area contributed by atoms with Gasteiger partial charge in [0.2, 0.25) is 0 Å². The van der Waals surface area contributed by atoms with Crippen LogP contribution in [0.1, 0.15) is 23.6 Å². The maximum absolute atomic E-state index is 5.77. The topological polar surface area (TPSA) is 26.0 Å². The number of anilines is 1. The summed E-state index contributed by atoms with van der Waals surface area (Å²) >= 11 is 0. The van der Waals surface area contributed by atoms with Crippen molar-refractivity contribution in [3.8, 4) is 0 Å². The normalized spacial score (nSPS) is 10.1. The molecule has 0 aliphatic carbocycles. The number of nitrogens with two attached hydrogens (primary N) is 1. The summed E-state index contributed by atoms with van der Waals surface area (Å²) in [5, 5.41) is 0. The van der Waals surface area contributed by atoms with Gasteiger partial charge in [-0.2, -0.15) is 0 Å². The van der Waals surface area contributed by atoms with Crippen LogP contribution in [0.4, 0.5) is 5.69 Å². The van der Waals surface area contributed by atoms with Crippen LogP contribution in [0.15, 0.2) is 12.1 Å². The van der Waals surface area contributed by atoms with Gasteiger partial charge in [0.05, 0.1) is 0 Å². The van der Waals surface area contributed by atoms with Crippen molar-refractivity contribution >= 4 is 5.69 Å². The van der Waals surface area contributed by atoms with Crippen molar-refractivity contribution in [3.63, 3.8) is 0 Å². The van der Waals surface area contributed by atoms with E-state index >= 15 is 0 Å². The Morgan fingerprint density at radius 3 is 2.36 bits per heavy atom. The highest BCUT2D eigenvalue weighted by atomic mass is 14.6. The van der Waals surface area contributed by atoms with Gasteiger partial charge in [0.25, 0.3) is 0 Å². The Morgan fingerprint density at radius 1 is 1.27 bits per heavy atom. The summed E-state index contributed by atoms with van der Waals surface area (Å²) < 4.78 is 0. The minimum Gasteiger partial charge on any atom is -0.399 e. The second kappa shape index (κ2) is 2.95. The van der Waals surface area contributed by atoms with Crippen molar-refractivity contribution in [2.45, 2.75) is 27.2 Å². The lowest BCUT2D eigenvalue weighted by atomic mass is 9.99. The molecule has 0 aliphatic rings. The summed E-state index contributed by atoms with van der Waals surface area (Å²) in [4.78, 5) is 0. The number of hydrogen-bond acceptors (Lipinski definition) is 1. The van der Waals surface area contributed by atoms with Crippen LogP contribution in [0.25, 0.3) is 0 Å². The van der Waals surface area contributed by atoms with E-state index in [0.717, 1.165) is 12.1 Å². The van der Waals surface area contributed by atoms with Gasteiger partial charge in [0.1, 0.15) is 0 Å². The van der Waals surface area contributed by atoms with Crippen molar-refractivity contribution in [2.24, 2.45) is 0 Å². The van der Waals surface area contributed by atoms with Gasteiger partial charge in [-0.3, -0.25) is 0 Å². The highest BCUT2D eigenvalue weighted by Crippen LogP contribution is 2.19. The maximum atomic E-state index is 5.77. The Kier molecular flexibility index (Phi) is 2.18. The average molecular weight is 149 g/mol. The van der Waals surface area contributed by atoms with E-state index in [1.54, 1.807) is 0 Å². The molecular formula is C10H15N. The van der Waals surface area contributed by atoms with Crippen LogP contribution in [-0.4, -0.2) is 0 Å². The van der Waals surface area contributed by atoms with E-state index in [-0.39, 0.29) is 0 Å². The Bertz CT molecular complexity index is 264. The first-order valence-electron chi connectivity index (χ1n) is 4.01. The Balaban J connectivity index is 3.29. The van der Waals surface area contributed by atoms with Crippen LogP contribution in [-0.2, 0) is 6.42 Å². The van der Waals surface area contributed by atoms with Crippen LogP contribution in [0, 0.1) is 13.8 Å². The van der Waals surface area contributed by atoms with Gasteiger partial charge in [-0.15, -0.1) is 0 Å². The van der Waals surface area contributed by atoms with Gasteiger partial charge in [0.15, 0.2) is 0 Å². The molecule has 0 aliphatic heterocycles. The van der Waals surface area contributed by atoms with Crippen LogP contribution in [0.3, 0.4) is 0 Å². The molecule has 0 unspecified atom stereocenters. The monoisotopic (exact) mass is 149 g/mol. The van der Waals surface area contributed by atoms with E-state index in [2.05, 4.69) is 26.8 Å². The largest absolute Gasteiger partial charge is 0.399 e. The molecule has 0 spiro atoms. The lowest BCUT2D eigenvalue weighted by molar-refractivity contribution is 1.08. The molecule has 1 heteroatoms. The molecule has 11 heavy (non-hydrogen) atoms. The standard InChI is InChI=1S/C10H15N/c1-4-9-7(2)5-6-10(11)8(9)3/h5-6H,4,11H2,1-3H3. The second-order valence-corrected chi connectivity index (χ2v) is 2.93. The fourth-order valence-electron chi connectivity index (χ4n) is 1.45. The predicted molar refractivity (Wildman–Crippen MR) is 49.7 cm³/mol. The fraction of sp³-hybridized carbons (Fsp3) is 0.400. The third kappa shape index (κ3) is 1.37. The molecule has 60 valence electrons. The summed E-state index contributed by atoms with van der Waals surface area (Å²) in [5.41, 5.74) is 10.7. The Hall–Kier alpha value is -0.980. The number of hydrogen-bond donors (Lipinski definition) is 1. The fourth-order valence-corrected chi connectivity index (χ4v) is 1.45. The van der Waals surface area contributed by atoms with Crippen LogP contribution in [0.2, 0.25) is 0 Å². The molecular weight excluding hydrogens is 134 g/mol. The minimum absolute atomic E-state index is 0.910. The smallest absolute Gasteiger partial charge is 0.0346 e. The Labute approximate surface area is 68.2 Å². The molecule has 0 saturated heterocycles. The van der Waals surface area contributed by atoms with E-state index in [4.69, 9.17) is 5.73 Å². The molecule has 0 atom stereocenters. The quantitative estimate of drug-likeness (QED) is 0.610. The van der Waals surface area contributed by atoms with Gasteiger partial charge in [-0.1, -0.05) is 13.0 Å². The highest BCUT2D eigenvalue weighted by Gasteiger charge is 2.01. The lowest BCUT2D eigenvalue weighted by Gasteiger charge is -2.09. The van der Waals surface area contributed by atoms with Crippen LogP contribution < -0.4 is 5.73 Å².